The van der Waals surface area contributed by atoms with Crippen molar-refractivity contribution in [1.29, 1.82) is 0 Å². The molecule has 0 amide bonds. The second-order valence-electron chi connectivity index (χ2n) is 4.03. The molecule has 0 fully saturated rings. The van der Waals surface area contributed by atoms with Gasteiger partial charge in [0.15, 0.2) is 0 Å². The van der Waals surface area contributed by atoms with Crippen LogP contribution >= 0.6 is 11.3 Å². The van der Waals surface area contributed by atoms with Crippen LogP contribution in [0.5, 0.6) is 0 Å². The van der Waals surface area contributed by atoms with Gasteiger partial charge in [-0.05, 0) is 31.9 Å². The molecule has 0 unspecified atom stereocenters. The number of aryl methyl sites for hydroxylation is 2. The van der Waals surface area contributed by atoms with Gasteiger partial charge in [-0.3, -0.25) is 5.43 Å². The standard InChI is InChI=1S/C12H22N4OS/c1-9-7-11(18-10(9)2)8-15-12(16-13)14-5-4-6-17-3/h7H,4-6,8,13H2,1-3H3,(H2,14,15,16). The largest absolute Gasteiger partial charge is 0.385 e. The zero-order valence-corrected chi connectivity index (χ0v) is 12.1. The van der Waals surface area contributed by atoms with Crippen LogP contribution in [-0.4, -0.2) is 26.2 Å². The van der Waals surface area contributed by atoms with Gasteiger partial charge >= 0.3 is 0 Å². The number of methoxy groups -OCH3 is 1. The van der Waals surface area contributed by atoms with Crippen molar-refractivity contribution in [2.75, 3.05) is 20.3 Å². The van der Waals surface area contributed by atoms with Crippen LogP contribution in [0.3, 0.4) is 0 Å². The van der Waals surface area contributed by atoms with E-state index in [4.69, 9.17) is 10.6 Å². The van der Waals surface area contributed by atoms with E-state index in [1.165, 1.54) is 15.3 Å². The summed E-state index contributed by atoms with van der Waals surface area (Å²) in [5.41, 5.74) is 3.89. The topological polar surface area (TPSA) is 71.7 Å². The average Bonchev–Trinajstić information content (AvgIpc) is 2.68. The molecule has 0 saturated carbocycles. The summed E-state index contributed by atoms with van der Waals surface area (Å²) in [4.78, 5) is 6.99. The molecular formula is C12H22N4OS. The summed E-state index contributed by atoms with van der Waals surface area (Å²) in [6.45, 7) is 6.41. The second-order valence-corrected chi connectivity index (χ2v) is 5.38. The highest BCUT2D eigenvalue weighted by Gasteiger charge is 2.01. The molecule has 0 aliphatic carbocycles. The highest BCUT2D eigenvalue weighted by atomic mass is 32.1. The number of nitrogens with zero attached hydrogens (tertiary/aromatic N) is 1. The van der Waals surface area contributed by atoms with Crippen LogP contribution < -0.4 is 16.6 Å². The minimum Gasteiger partial charge on any atom is -0.385 e. The molecule has 6 heteroatoms. The first-order valence-corrected chi connectivity index (χ1v) is 6.78. The van der Waals surface area contributed by atoms with E-state index in [0.29, 0.717) is 12.5 Å². The van der Waals surface area contributed by atoms with E-state index in [0.717, 1.165) is 19.6 Å². The molecule has 18 heavy (non-hydrogen) atoms. The number of nitrogens with one attached hydrogen (secondary N) is 2. The van der Waals surface area contributed by atoms with Crippen LogP contribution in [0.1, 0.15) is 21.7 Å². The minimum absolute atomic E-state index is 0.620. The third kappa shape index (κ3) is 5.03. The van der Waals surface area contributed by atoms with Gasteiger partial charge in [-0.25, -0.2) is 10.8 Å². The number of guanidine groups is 1. The maximum absolute atomic E-state index is 5.42. The molecular weight excluding hydrogens is 248 g/mol. The fraction of sp³-hybridized carbons (Fsp3) is 0.583. The smallest absolute Gasteiger partial charge is 0.206 e. The first kappa shape index (κ1) is 14.9. The third-order valence-corrected chi connectivity index (χ3v) is 3.70. The van der Waals surface area contributed by atoms with E-state index in [-0.39, 0.29) is 0 Å². The Bertz CT molecular complexity index is 370. The van der Waals surface area contributed by atoms with Crippen LogP contribution in [0.4, 0.5) is 0 Å². The van der Waals surface area contributed by atoms with E-state index < -0.39 is 0 Å². The Morgan fingerprint density at radius 1 is 1.50 bits per heavy atom. The lowest BCUT2D eigenvalue weighted by molar-refractivity contribution is 0.195. The van der Waals surface area contributed by atoms with E-state index in [1.807, 2.05) is 0 Å². The lowest BCUT2D eigenvalue weighted by Gasteiger charge is -2.08. The molecule has 0 radical (unpaired) electrons. The molecule has 0 saturated heterocycles. The summed E-state index contributed by atoms with van der Waals surface area (Å²) in [6.07, 6.45) is 0.925. The van der Waals surface area contributed by atoms with Crippen molar-refractivity contribution in [1.82, 2.24) is 10.7 Å². The summed E-state index contributed by atoms with van der Waals surface area (Å²) >= 11 is 1.78. The molecule has 0 aliphatic rings. The monoisotopic (exact) mass is 270 g/mol. The molecule has 0 bridgehead atoms. The Balaban J connectivity index is 2.41. The van der Waals surface area contributed by atoms with Crippen LogP contribution in [0, 0.1) is 13.8 Å². The minimum atomic E-state index is 0.620. The maximum atomic E-state index is 5.42. The quantitative estimate of drug-likeness (QED) is 0.240. The molecule has 0 aromatic carbocycles. The van der Waals surface area contributed by atoms with Crippen LogP contribution in [0.15, 0.2) is 11.1 Å². The van der Waals surface area contributed by atoms with Crippen LogP contribution in [0.25, 0.3) is 0 Å². The Morgan fingerprint density at radius 2 is 2.28 bits per heavy atom. The molecule has 4 N–H and O–H groups in total. The zero-order chi connectivity index (χ0) is 13.4. The highest BCUT2D eigenvalue weighted by Crippen LogP contribution is 2.20. The van der Waals surface area contributed by atoms with Gasteiger partial charge in [-0.2, -0.15) is 0 Å². The van der Waals surface area contributed by atoms with Gasteiger partial charge < -0.3 is 10.1 Å². The Labute approximate surface area is 112 Å². The van der Waals surface area contributed by atoms with Crippen molar-refractivity contribution >= 4 is 17.3 Å². The van der Waals surface area contributed by atoms with Crippen molar-refractivity contribution in [3.8, 4) is 0 Å². The SMILES string of the molecule is COCCCNC(=NCc1cc(C)c(C)s1)NN. The maximum Gasteiger partial charge on any atom is 0.206 e. The predicted molar refractivity (Wildman–Crippen MR) is 76.8 cm³/mol. The molecule has 5 nitrogen and oxygen atoms in total. The molecule has 1 rings (SSSR count). The summed E-state index contributed by atoms with van der Waals surface area (Å²) < 4.78 is 4.97. The van der Waals surface area contributed by atoms with Crippen molar-refractivity contribution in [2.24, 2.45) is 10.8 Å². The Kier molecular flexibility index (Phi) is 6.70. The second kappa shape index (κ2) is 8.07. The van der Waals surface area contributed by atoms with Gasteiger partial charge in [0.1, 0.15) is 0 Å². The lowest BCUT2D eigenvalue weighted by Crippen LogP contribution is -2.42. The molecule has 102 valence electrons. The fourth-order valence-electron chi connectivity index (χ4n) is 1.46. The van der Waals surface area contributed by atoms with E-state index >= 15 is 0 Å². The molecule has 0 spiro atoms. The molecule has 1 heterocycles. The molecule has 1 aromatic rings. The van der Waals surface area contributed by atoms with Gasteiger partial charge in [0, 0.05) is 30.0 Å². The number of hydrazine groups is 1. The van der Waals surface area contributed by atoms with E-state index in [9.17, 15) is 0 Å². The predicted octanol–water partition coefficient (Wildman–Crippen LogP) is 1.31. The Morgan fingerprint density at radius 3 is 2.83 bits per heavy atom. The summed E-state index contributed by atoms with van der Waals surface area (Å²) in [5, 5.41) is 3.13. The Hall–Kier alpha value is -1.11. The number of aliphatic imine (C=N–C) groups is 1. The van der Waals surface area contributed by atoms with Crippen molar-refractivity contribution in [3.05, 3.63) is 21.4 Å². The number of ether oxygens (including phenoxy) is 1. The van der Waals surface area contributed by atoms with Crippen molar-refractivity contribution in [2.45, 2.75) is 26.8 Å². The molecule has 0 aliphatic heterocycles. The first-order chi connectivity index (χ1) is 8.67. The van der Waals surface area contributed by atoms with Gasteiger partial charge in [0.05, 0.1) is 6.54 Å². The van der Waals surface area contributed by atoms with E-state index in [1.54, 1.807) is 18.4 Å². The molecule has 1 aromatic heterocycles. The number of rotatable bonds is 6. The zero-order valence-electron chi connectivity index (χ0n) is 11.2. The summed E-state index contributed by atoms with van der Waals surface area (Å²) in [7, 11) is 1.69. The summed E-state index contributed by atoms with van der Waals surface area (Å²) in [6, 6.07) is 2.17. The van der Waals surface area contributed by atoms with Crippen LogP contribution in [0.2, 0.25) is 0 Å². The fourth-order valence-corrected chi connectivity index (χ4v) is 2.44. The average molecular weight is 270 g/mol. The molecule has 0 atom stereocenters. The van der Waals surface area contributed by atoms with Crippen LogP contribution in [-0.2, 0) is 11.3 Å². The third-order valence-electron chi connectivity index (χ3n) is 2.56. The number of thiophene rings is 1. The van der Waals surface area contributed by atoms with Gasteiger partial charge in [-0.15, -0.1) is 11.3 Å². The van der Waals surface area contributed by atoms with Gasteiger partial charge in [0.25, 0.3) is 0 Å². The van der Waals surface area contributed by atoms with E-state index in [2.05, 4.69) is 35.6 Å². The lowest BCUT2D eigenvalue weighted by atomic mass is 10.3. The van der Waals surface area contributed by atoms with Gasteiger partial charge in [-0.1, -0.05) is 0 Å². The van der Waals surface area contributed by atoms with Crippen molar-refractivity contribution < 1.29 is 4.74 Å². The number of hydrogen-bond donors (Lipinski definition) is 3. The van der Waals surface area contributed by atoms with Gasteiger partial charge in [0.2, 0.25) is 5.96 Å². The van der Waals surface area contributed by atoms with Crippen molar-refractivity contribution in [3.63, 3.8) is 0 Å². The summed E-state index contributed by atoms with van der Waals surface area (Å²) in [5.74, 6) is 6.04. The number of nitrogens with two attached hydrogens (primary N) is 1. The number of hydrogen-bond acceptors (Lipinski definition) is 4. The highest BCUT2D eigenvalue weighted by molar-refractivity contribution is 7.12. The first-order valence-electron chi connectivity index (χ1n) is 5.97. The normalized spacial score (nSPS) is 11.7.